The van der Waals surface area contributed by atoms with E-state index in [1.165, 1.54) is 16.4 Å². The number of sulfonamides is 1. The largest absolute Gasteiger partial charge is 0.322 e. The highest BCUT2D eigenvalue weighted by Crippen LogP contribution is 2.27. The number of rotatable bonds is 3. The van der Waals surface area contributed by atoms with Crippen molar-refractivity contribution in [2.45, 2.75) is 12.8 Å². The van der Waals surface area contributed by atoms with Gasteiger partial charge in [0.05, 0.1) is 22.0 Å². The lowest BCUT2D eigenvalue weighted by atomic mass is 10.2. The van der Waals surface area contributed by atoms with E-state index in [4.69, 9.17) is 11.6 Å². The van der Waals surface area contributed by atoms with E-state index in [0.717, 1.165) is 12.5 Å². The minimum absolute atomic E-state index is 0.00672. The number of benzene rings is 2. The highest BCUT2D eigenvalue weighted by Gasteiger charge is 2.26. The van der Waals surface area contributed by atoms with Crippen molar-refractivity contribution in [1.29, 1.82) is 0 Å². The van der Waals surface area contributed by atoms with Gasteiger partial charge in [0.15, 0.2) is 0 Å². The van der Waals surface area contributed by atoms with Crippen molar-refractivity contribution in [2.24, 2.45) is 0 Å². The van der Waals surface area contributed by atoms with Crippen molar-refractivity contribution < 1.29 is 17.6 Å². The van der Waals surface area contributed by atoms with E-state index in [1.807, 2.05) is 0 Å². The Kier molecular flexibility index (Phi) is 4.96. The van der Waals surface area contributed by atoms with E-state index >= 15 is 0 Å². The molecule has 1 heterocycles. The van der Waals surface area contributed by atoms with Gasteiger partial charge in [-0.3, -0.25) is 9.10 Å². The van der Waals surface area contributed by atoms with Crippen molar-refractivity contribution in [3.8, 4) is 0 Å². The zero-order chi connectivity index (χ0) is 18.0. The Morgan fingerprint density at radius 2 is 1.92 bits per heavy atom. The number of carbonyl (C=O) groups excluding carboxylic acids is 1. The normalized spacial score (nSPS) is 16.5. The van der Waals surface area contributed by atoms with Crippen LogP contribution in [0.5, 0.6) is 0 Å². The van der Waals surface area contributed by atoms with Crippen LogP contribution >= 0.6 is 11.6 Å². The number of hydrogen-bond donors (Lipinski definition) is 1. The highest BCUT2D eigenvalue weighted by atomic mass is 35.5. The summed E-state index contributed by atoms with van der Waals surface area (Å²) in [6, 6.07) is 10.4. The number of halogens is 2. The summed E-state index contributed by atoms with van der Waals surface area (Å²) in [6.07, 6.45) is 1.42. The number of nitrogens with zero attached hydrogens (tertiary/aromatic N) is 1. The monoisotopic (exact) mass is 382 g/mol. The second-order valence-electron chi connectivity index (χ2n) is 5.70. The van der Waals surface area contributed by atoms with Gasteiger partial charge in [0.25, 0.3) is 5.91 Å². The van der Waals surface area contributed by atoms with Crippen molar-refractivity contribution in [2.75, 3.05) is 21.9 Å². The average Bonchev–Trinajstić information content (AvgIpc) is 2.54. The van der Waals surface area contributed by atoms with Gasteiger partial charge in [0.2, 0.25) is 10.0 Å². The van der Waals surface area contributed by atoms with Crippen LogP contribution < -0.4 is 9.62 Å². The van der Waals surface area contributed by atoms with Gasteiger partial charge in [-0.15, -0.1) is 0 Å². The molecule has 3 rings (SSSR count). The lowest BCUT2D eigenvalue weighted by molar-refractivity contribution is 0.102. The molecule has 0 radical (unpaired) electrons. The lowest BCUT2D eigenvalue weighted by Crippen LogP contribution is -2.37. The van der Waals surface area contributed by atoms with Crippen molar-refractivity contribution in [3.63, 3.8) is 0 Å². The predicted octanol–water partition coefficient (Wildman–Crippen LogP) is 3.66. The summed E-state index contributed by atoms with van der Waals surface area (Å²) in [5, 5.41) is 2.57. The van der Waals surface area contributed by atoms with Crippen molar-refractivity contribution in [3.05, 3.63) is 58.9 Å². The summed E-state index contributed by atoms with van der Waals surface area (Å²) in [4.78, 5) is 12.3. The number of anilines is 2. The quantitative estimate of drug-likeness (QED) is 0.880. The molecule has 25 heavy (non-hydrogen) atoms. The molecule has 2 aromatic rings. The standard InChI is InChI=1S/C17H16ClFN2O3S/c18-14-7-4-8-15(19)16(14)17(22)20-12-5-3-6-13(11-12)21-9-1-2-10-25(21,23)24/h3-8,11H,1-2,9-10H2,(H,20,22). The first-order valence-electron chi connectivity index (χ1n) is 7.74. The third kappa shape index (κ3) is 3.77. The van der Waals surface area contributed by atoms with E-state index in [1.54, 1.807) is 24.3 Å². The van der Waals surface area contributed by atoms with Gasteiger partial charge in [0.1, 0.15) is 5.82 Å². The van der Waals surface area contributed by atoms with Gasteiger partial charge in [-0.1, -0.05) is 23.7 Å². The summed E-state index contributed by atoms with van der Waals surface area (Å²) in [5.74, 6) is -1.31. The summed E-state index contributed by atoms with van der Waals surface area (Å²) in [6.45, 7) is 0.402. The van der Waals surface area contributed by atoms with Gasteiger partial charge in [-0.25, -0.2) is 12.8 Å². The Hall–Kier alpha value is -2.12. The van der Waals surface area contributed by atoms with E-state index in [9.17, 15) is 17.6 Å². The first-order valence-corrected chi connectivity index (χ1v) is 9.73. The fraction of sp³-hybridized carbons (Fsp3) is 0.235. The zero-order valence-corrected chi connectivity index (χ0v) is 14.8. The average molecular weight is 383 g/mol. The molecule has 0 bridgehead atoms. The van der Waals surface area contributed by atoms with Crippen LogP contribution in [0.15, 0.2) is 42.5 Å². The molecule has 2 aromatic carbocycles. The maximum Gasteiger partial charge on any atom is 0.260 e. The molecular weight excluding hydrogens is 367 g/mol. The van der Waals surface area contributed by atoms with Gasteiger partial charge in [-0.2, -0.15) is 0 Å². The summed E-state index contributed by atoms with van der Waals surface area (Å²) in [5.41, 5.74) is 0.583. The molecule has 0 spiro atoms. The van der Waals surface area contributed by atoms with Crippen LogP contribution in [0.2, 0.25) is 5.02 Å². The van der Waals surface area contributed by atoms with Crippen LogP contribution in [0, 0.1) is 5.82 Å². The Bertz CT molecular complexity index is 898. The van der Waals surface area contributed by atoms with Crippen LogP contribution in [-0.4, -0.2) is 26.6 Å². The zero-order valence-electron chi connectivity index (χ0n) is 13.2. The molecule has 1 amide bonds. The number of amides is 1. The molecule has 0 aliphatic carbocycles. The molecule has 1 N–H and O–H groups in total. The molecule has 1 saturated heterocycles. The summed E-state index contributed by atoms with van der Waals surface area (Å²) in [7, 11) is -3.35. The molecule has 1 fully saturated rings. The first-order chi connectivity index (χ1) is 11.9. The Labute approximate surface area is 150 Å². The number of carbonyl (C=O) groups is 1. The minimum atomic E-state index is -3.35. The van der Waals surface area contributed by atoms with E-state index in [2.05, 4.69) is 5.32 Å². The molecule has 0 aromatic heterocycles. The van der Waals surface area contributed by atoms with Crippen LogP contribution in [-0.2, 0) is 10.0 Å². The van der Waals surface area contributed by atoms with Crippen molar-refractivity contribution in [1.82, 2.24) is 0 Å². The minimum Gasteiger partial charge on any atom is -0.322 e. The maximum atomic E-state index is 13.8. The molecule has 0 atom stereocenters. The number of nitrogens with one attached hydrogen (secondary N) is 1. The molecule has 132 valence electrons. The van der Waals surface area contributed by atoms with E-state index in [-0.39, 0.29) is 16.3 Å². The van der Waals surface area contributed by atoms with E-state index < -0.39 is 21.7 Å². The third-order valence-electron chi connectivity index (χ3n) is 3.93. The smallest absolute Gasteiger partial charge is 0.260 e. The molecule has 1 aliphatic heterocycles. The highest BCUT2D eigenvalue weighted by molar-refractivity contribution is 7.92. The van der Waals surface area contributed by atoms with Crippen LogP contribution in [0.25, 0.3) is 0 Å². The molecule has 0 unspecified atom stereocenters. The molecule has 0 saturated carbocycles. The van der Waals surface area contributed by atoms with Crippen LogP contribution in [0.3, 0.4) is 0 Å². The van der Waals surface area contributed by atoms with Crippen molar-refractivity contribution >= 4 is 38.9 Å². The number of hydrogen-bond acceptors (Lipinski definition) is 3. The summed E-state index contributed by atoms with van der Waals surface area (Å²) < 4.78 is 39.6. The predicted molar refractivity (Wildman–Crippen MR) is 96.2 cm³/mol. The first kappa shape index (κ1) is 17.7. The molecular formula is C17H16ClFN2O3S. The Balaban J connectivity index is 1.86. The Morgan fingerprint density at radius 3 is 2.64 bits per heavy atom. The van der Waals surface area contributed by atoms with Gasteiger partial charge >= 0.3 is 0 Å². The van der Waals surface area contributed by atoms with Crippen LogP contribution in [0.1, 0.15) is 23.2 Å². The van der Waals surface area contributed by atoms with Gasteiger partial charge in [-0.05, 0) is 43.2 Å². The topological polar surface area (TPSA) is 66.5 Å². The Morgan fingerprint density at radius 1 is 1.16 bits per heavy atom. The second kappa shape index (κ2) is 7.01. The third-order valence-corrected chi connectivity index (χ3v) is 6.12. The van der Waals surface area contributed by atoms with Gasteiger partial charge < -0.3 is 5.32 Å². The lowest BCUT2D eigenvalue weighted by Gasteiger charge is -2.28. The maximum absolute atomic E-state index is 13.8. The SMILES string of the molecule is O=C(Nc1cccc(N2CCCCS2(=O)=O)c1)c1c(F)cccc1Cl. The summed E-state index contributed by atoms with van der Waals surface area (Å²) >= 11 is 5.89. The fourth-order valence-corrected chi connectivity index (χ4v) is 4.61. The van der Waals surface area contributed by atoms with E-state index in [0.29, 0.717) is 24.3 Å². The molecule has 5 nitrogen and oxygen atoms in total. The molecule has 1 aliphatic rings. The fourth-order valence-electron chi connectivity index (χ4n) is 2.73. The molecule has 8 heteroatoms. The van der Waals surface area contributed by atoms with Gasteiger partial charge in [0, 0.05) is 12.2 Å². The second-order valence-corrected chi connectivity index (χ2v) is 8.12. The van der Waals surface area contributed by atoms with Crippen LogP contribution in [0.4, 0.5) is 15.8 Å².